The standard InChI is InChI=1S/C20H16NO/c1-14-7-2-3-8-15(14)13-16-9-6-12-19-20(16)21-17-10-4-5-11-18(17)22-19/h2-12H,13H2,1H3. The second kappa shape index (κ2) is 5.23. The van der Waals surface area contributed by atoms with Gasteiger partial charge in [-0.05, 0) is 48.2 Å². The van der Waals surface area contributed by atoms with E-state index in [4.69, 9.17) is 10.1 Å². The van der Waals surface area contributed by atoms with Crippen molar-refractivity contribution < 1.29 is 4.74 Å². The van der Waals surface area contributed by atoms with Crippen LogP contribution in [0.25, 0.3) is 0 Å². The molecule has 0 aromatic heterocycles. The summed E-state index contributed by atoms with van der Waals surface area (Å²) in [5, 5.41) is 4.81. The number of aryl methyl sites for hydroxylation is 1. The van der Waals surface area contributed by atoms with Crippen LogP contribution in [0.15, 0.2) is 66.7 Å². The minimum absolute atomic E-state index is 0.822. The maximum Gasteiger partial charge on any atom is 0.153 e. The van der Waals surface area contributed by atoms with Crippen LogP contribution in [0.3, 0.4) is 0 Å². The molecule has 3 aromatic carbocycles. The lowest BCUT2D eigenvalue weighted by Gasteiger charge is -2.22. The smallest absolute Gasteiger partial charge is 0.153 e. The summed E-state index contributed by atoms with van der Waals surface area (Å²) in [5.41, 5.74) is 5.67. The molecular weight excluding hydrogens is 270 g/mol. The third-order valence-corrected chi connectivity index (χ3v) is 4.04. The molecule has 0 spiro atoms. The van der Waals surface area contributed by atoms with Crippen molar-refractivity contribution in [3.05, 3.63) is 83.4 Å². The molecule has 0 saturated carbocycles. The normalized spacial score (nSPS) is 11.9. The maximum atomic E-state index is 5.99. The summed E-state index contributed by atoms with van der Waals surface area (Å²) >= 11 is 0. The molecule has 0 bridgehead atoms. The number of benzene rings is 3. The molecule has 2 heteroatoms. The van der Waals surface area contributed by atoms with E-state index in [2.05, 4.69) is 37.3 Å². The fraction of sp³-hybridized carbons (Fsp3) is 0.100. The summed E-state index contributed by atoms with van der Waals surface area (Å²) in [6, 6.07) is 22.5. The summed E-state index contributed by atoms with van der Waals surface area (Å²) in [6.45, 7) is 2.15. The molecule has 1 heterocycles. The van der Waals surface area contributed by atoms with Gasteiger partial charge in [-0.2, -0.15) is 0 Å². The Kier molecular flexibility index (Phi) is 3.08. The molecule has 22 heavy (non-hydrogen) atoms. The molecular formula is C20H16NO. The Balaban J connectivity index is 1.74. The van der Waals surface area contributed by atoms with Crippen LogP contribution in [0.5, 0.6) is 11.5 Å². The Morgan fingerprint density at radius 3 is 2.41 bits per heavy atom. The molecule has 1 aliphatic heterocycles. The van der Waals surface area contributed by atoms with Crippen molar-refractivity contribution in [3.63, 3.8) is 0 Å². The van der Waals surface area contributed by atoms with Crippen molar-refractivity contribution in [1.29, 1.82) is 0 Å². The van der Waals surface area contributed by atoms with E-state index in [1.807, 2.05) is 36.4 Å². The number of hydrogen-bond acceptors (Lipinski definition) is 1. The molecule has 0 saturated heterocycles. The van der Waals surface area contributed by atoms with Gasteiger partial charge in [0.25, 0.3) is 0 Å². The van der Waals surface area contributed by atoms with Crippen molar-refractivity contribution in [2.75, 3.05) is 0 Å². The van der Waals surface area contributed by atoms with Gasteiger partial charge < -0.3 is 4.74 Å². The highest BCUT2D eigenvalue weighted by Crippen LogP contribution is 2.44. The van der Waals surface area contributed by atoms with Crippen molar-refractivity contribution in [1.82, 2.24) is 5.32 Å². The molecule has 3 aromatic rings. The zero-order valence-electron chi connectivity index (χ0n) is 12.4. The predicted octanol–water partition coefficient (Wildman–Crippen LogP) is 5.26. The second-order valence-corrected chi connectivity index (χ2v) is 5.55. The zero-order valence-corrected chi connectivity index (χ0v) is 12.4. The predicted molar refractivity (Wildman–Crippen MR) is 88.4 cm³/mol. The highest BCUT2D eigenvalue weighted by molar-refractivity contribution is 5.70. The van der Waals surface area contributed by atoms with Crippen LogP contribution >= 0.6 is 0 Å². The fourth-order valence-electron chi connectivity index (χ4n) is 2.81. The Labute approximate surface area is 130 Å². The molecule has 4 rings (SSSR count). The summed E-state index contributed by atoms with van der Waals surface area (Å²) < 4.78 is 5.99. The van der Waals surface area contributed by atoms with Crippen molar-refractivity contribution in [2.45, 2.75) is 13.3 Å². The minimum atomic E-state index is 0.822. The number of hydrogen-bond donors (Lipinski definition) is 0. The summed E-state index contributed by atoms with van der Waals surface area (Å²) in [5.74, 6) is 1.66. The lowest BCUT2D eigenvalue weighted by atomic mass is 9.98. The highest BCUT2D eigenvalue weighted by Gasteiger charge is 2.20. The first-order valence-corrected chi connectivity index (χ1v) is 7.46. The molecule has 2 nitrogen and oxygen atoms in total. The second-order valence-electron chi connectivity index (χ2n) is 5.55. The first-order chi connectivity index (χ1) is 10.8. The summed E-state index contributed by atoms with van der Waals surface area (Å²) in [7, 11) is 0. The van der Waals surface area contributed by atoms with E-state index in [1.54, 1.807) is 0 Å². The number of rotatable bonds is 2. The molecule has 1 aliphatic rings. The van der Waals surface area contributed by atoms with Gasteiger partial charge in [-0.15, -0.1) is 0 Å². The Morgan fingerprint density at radius 1 is 0.773 bits per heavy atom. The first-order valence-electron chi connectivity index (χ1n) is 7.46. The van der Waals surface area contributed by atoms with Crippen molar-refractivity contribution in [3.8, 4) is 11.5 Å². The van der Waals surface area contributed by atoms with Gasteiger partial charge in [0.1, 0.15) is 11.4 Å². The Morgan fingerprint density at radius 2 is 1.50 bits per heavy atom. The molecule has 0 N–H and O–H groups in total. The average Bonchev–Trinajstić information content (AvgIpc) is 2.55. The molecule has 1 radical (unpaired) electrons. The van der Waals surface area contributed by atoms with Crippen LogP contribution in [0, 0.1) is 6.92 Å². The summed E-state index contributed by atoms with van der Waals surface area (Å²) in [4.78, 5) is 0. The SMILES string of the molecule is Cc1ccccc1Cc1cccc2c1[N]c1ccccc1O2. The zero-order chi connectivity index (χ0) is 14.9. The van der Waals surface area contributed by atoms with Crippen LogP contribution < -0.4 is 10.1 Å². The fourth-order valence-corrected chi connectivity index (χ4v) is 2.81. The van der Waals surface area contributed by atoms with Gasteiger partial charge in [0.2, 0.25) is 0 Å². The maximum absolute atomic E-state index is 5.99. The van der Waals surface area contributed by atoms with Crippen LogP contribution in [0.4, 0.5) is 11.4 Å². The lowest BCUT2D eigenvalue weighted by Crippen LogP contribution is -2.05. The largest absolute Gasteiger partial charge is 0.453 e. The van der Waals surface area contributed by atoms with E-state index < -0.39 is 0 Å². The minimum Gasteiger partial charge on any atom is -0.453 e. The van der Waals surface area contributed by atoms with Crippen molar-refractivity contribution in [2.24, 2.45) is 0 Å². The third-order valence-electron chi connectivity index (χ3n) is 4.04. The molecule has 107 valence electrons. The van der Waals surface area contributed by atoms with E-state index >= 15 is 0 Å². The number of fused-ring (bicyclic) bond motifs is 2. The van der Waals surface area contributed by atoms with Gasteiger partial charge in [0.05, 0.1) is 0 Å². The number of ether oxygens (including phenoxy) is 1. The van der Waals surface area contributed by atoms with Crippen LogP contribution in [0.1, 0.15) is 16.7 Å². The van der Waals surface area contributed by atoms with Gasteiger partial charge in [0.15, 0.2) is 11.5 Å². The van der Waals surface area contributed by atoms with E-state index in [1.165, 1.54) is 16.7 Å². The molecule has 0 fully saturated rings. The highest BCUT2D eigenvalue weighted by atomic mass is 16.5. The van der Waals surface area contributed by atoms with Crippen molar-refractivity contribution >= 4 is 11.4 Å². The first kappa shape index (κ1) is 13.0. The Hall–Kier alpha value is -2.74. The van der Waals surface area contributed by atoms with E-state index in [-0.39, 0.29) is 0 Å². The van der Waals surface area contributed by atoms with Crippen LogP contribution in [-0.4, -0.2) is 0 Å². The van der Waals surface area contributed by atoms with Gasteiger partial charge in [-0.25, -0.2) is 5.32 Å². The van der Waals surface area contributed by atoms with Gasteiger partial charge in [-0.1, -0.05) is 48.5 Å². The van der Waals surface area contributed by atoms with E-state index in [0.29, 0.717) is 0 Å². The van der Waals surface area contributed by atoms with E-state index in [0.717, 1.165) is 29.3 Å². The lowest BCUT2D eigenvalue weighted by molar-refractivity contribution is 0.470. The molecule has 0 amide bonds. The number of para-hydroxylation sites is 3. The van der Waals surface area contributed by atoms with Crippen LogP contribution in [-0.2, 0) is 6.42 Å². The number of nitrogens with zero attached hydrogens (tertiary/aromatic N) is 1. The van der Waals surface area contributed by atoms with Gasteiger partial charge >= 0.3 is 0 Å². The average molecular weight is 286 g/mol. The molecule has 0 aliphatic carbocycles. The summed E-state index contributed by atoms with van der Waals surface area (Å²) in [6.07, 6.45) is 0.866. The van der Waals surface area contributed by atoms with Gasteiger partial charge in [0, 0.05) is 0 Å². The molecule has 0 unspecified atom stereocenters. The topological polar surface area (TPSA) is 23.3 Å². The third kappa shape index (κ3) is 2.23. The Bertz CT molecular complexity index is 839. The van der Waals surface area contributed by atoms with E-state index in [9.17, 15) is 0 Å². The molecule has 0 atom stereocenters. The van der Waals surface area contributed by atoms with Gasteiger partial charge in [-0.3, -0.25) is 0 Å². The quantitative estimate of drug-likeness (QED) is 0.493. The monoisotopic (exact) mass is 286 g/mol. The van der Waals surface area contributed by atoms with Crippen LogP contribution in [0.2, 0.25) is 0 Å².